The van der Waals surface area contributed by atoms with Crippen molar-refractivity contribution in [2.75, 3.05) is 0 Å². The minimum atomic E-state index is -5.67. The van der Waals surface area contributed by atoms with Gasteiger partial charge in [-0.25, -0.2) is 0 Å². The molecule has 1 rings (SSSR count). The Bertz CT molecular complexity index is 513. The van der Waals surface area contributed by atoms with Crippen LogP contribution in [0.2, 0.25) is 0 Å². The largest absolute Gasteiger partial charge is 0.407 e. The Morgan fingerprint density at radius 1 is 0.850 bits per heavy atom. The highest BCUT2D eigenvalue weighted by atomic mass is 19.4. The molecule has 1 nitrogen and oxygen atoms in total. The Morgan fingerprint density at radius 3 is 1.65 bits per heavy atom. The lowest BCUT2D eigenvalue weighted by Crippen LogP contribution is -2.42. The summed E-state index contributed by atoms with van der Waals surface area (Å²) in [6.07, 6.45) is -11.3. The molecule has 0 heterocycles. The molecular weight excluding hydrogens is 286 g/mol. The van der Waals surface area contributed by atoms with E-state index in [-0.39, 0.29) is 5.56 Å². The highest BCUT2D eigenvalue weighted by Crippen LogP contribution is 2.41. The van der Waals surface area contributed by atoms with Crippen molar-refractivity contribution in [3.63, 3.8) is 0 Å². The number of ketones is 1. The summed E-state index contributed by atoms with van der Waals surface area (Å²) >= 11 is 0. The number of hydrogen-bond donors (Lipinski definition) is 0. The van der Waals surface area contributed by atoms with Crippen molar-refractivity contribution in [3.8, 4) is 0 Å². The highest BCUT2D eigenvalue weighted by Gasteiger charge is 2.61. The van der Waals surface area contributed by atoms with Gasteiger partial charge in [0, 0.05) is 5.56 Å². The van der Waals surface area contributed by atoms with E-state index in [0.717, 1.165) is 6.07 Å². The normalized spacial score (nSPS) is 12.9. The Labute approximate surface area is 111 Å². The fourth-order valence-corrected chi connectivity index (χ4v) is 1.86. The topological polar surface area (TPSA) is 17.1 Å². The number of alkyl halides is 6. The van der Waals surface area contributed by atoms with Gasteiger partial charge in [0.25, 0.3) is 0 Å². The average molecular weight is 298 g/mol. The van der Waals surface area contributed by atoms with Gasteiger partial charge < -0.3 is 0 Å². The summed E-state index contributed by atoms with van der Waals surface area (Å²) in [7, 11) is 0. The van der Waals surface area contributed by atoms with Crippen molar-refractivity contribution in [3.05, 3.63) is 34.4 Å². The zero-order chi connectivity index (χ0) is 15.9. The average Bonchev–Trinajstić information content (AvgIpc) is 2.18. The maximum Gasteiger partial charge on any atom is 0.407 e. The minimum Gasteiger partial charge on any atom is -0.293 e. The Morgan fingerprint density at radius 2 is 1.25 bits per heavy atom. The SMILES string of the molecule is Cc1cc(C)c(C(=O)C(C(F)(F)F)C(F)(F)F)cc1C. The van der Waals surface area contributed by atoms with Crippen LogP contribution < -0.4 is 0 Å². The maximum atomic E-state index is 12.5. The van der Waals surface area contributed by atoms with E-state index in [1.54, 1.807) is 6.92 Å². The van der Waals surface area contributed by atoms with Crippen LogP contribution in [-0.2, 0) is 0 Å². The van der Waals surface area contributed by atoms with Crippen LogP contribution in [0.25, 0.3) is 0 Å². The van der Waals surface area contributed by atoms with Gasteiger partial charge >= 0.3 is 12.4 Å². The Balaban J connectivity index is 3.38. The lowest BCUT2D eigenvalue weighted by Gasteiger charge is -2.22. The van der Waals surface area contributed by atoms with Crippen LogP contribution in [0.4, 0.5) is 26.3 Å². The third-order valence-electron chi connectivity index (χ3n) is 3.02. The second-order valence-electron chi connectivity index (χ2n) is 4.63. The number of aryl methyl sites for hydroxylation is 3. The van der Waals surface area contributed by atoms with Crippen molar-refractivity contribution in [1.82, 2.24) is 0 Å². The second-order valence-corrected chi connectivity index (χ2v) is 4.63. The Hall–Kier alpha value is -1.53. The Kier molecular flexibility index (Phi) is 4.22. The lowest BCUT2D eigenvalue weighted by molar-refractivity contribution is -0.264. The van der Waals surface area contributed by atoms with Crippen LogP contribution in [0.5, 0.6) is 0 Å². The molecule has 0 saturated carbocycles. The molecule has 0 aliphatic rings. The van der Waals surface area contributed by atoms with Gasteiger partial charge in [-0.3, -0.25) is 4.79 Å². The summed E-state index contributed by atoms with van der Waals surface area (Å²) in [5.74, 6) is -5.96. The van der Waals surface area contributed by atoms with Crippen LogP contribution in [-0.4, -0.2) is 18.1 Å². The maximum absolute atomic E-state index is 12.5. The number of carbonyl (C=O) groups excluding carboxylic acids is 1. The molecule has 0 fully saturated rings. The molecule has 0 spiro atoms. The fraction of sp³-hybridized carbons (Fsp3) is 0.462. The first-order valence-corrected chi connectivity index (χ1v) is 5.61. The summed E-state index contributed by atoms with van der Waals surface area (Å²) in [4.78, 5) is 11.7. The van der Waals surface area contributed by atoms with E-state index in [1.807, 2.05) is 0 Å². The summed E-state index contributed by atoms with van der Waals surface area (Å²) in [5, 5.41) is 0. The molecule has 0 aliphatic carbocycles. The molecule has 0 aromatic heterocycles. The van der Waals surface area contributed by atoms with Crippen LogP contribution in [0.15, 0.2) is 12.1 Å². The van der Waals surface area contributed by atoms with Gasteiger partial charge in [-0.05, 0) is 43.5 Å². The van der Waals surface area contributed by atoms with Gasteiger partial charge in [-0.15, -0.1) is 0 Å². The zero-order valence-electron chi connectivity index (χ0n) is 10.9. The van der Waals surface area contributed by atoms with Gasteiger partial charge in [0.1, 0.15) is 0 Å². The van der Waals surface area contributed by atoms with Crippen LogP contribution in [0.1, 0.15) is 27.0 Å². The molecule has 1 aromatic rings. The smallest absolute Gasteiger partial charge is 0.293 e. The fourth-order valence-electron chi connectivity index (χ4n) is 1.86. The molecule has 0 amide bonds. The van der Waals surface area contributed by atoms with Gasteiger partial charge in [-0.2, -0.15) is 26.3 Å². The van der Waals surface area contributed by atoms with E-state index in [0.29, 0.717) is 11.1 Å². The van der Waals surface area contributed by atoms with Crippen molar-refractivity contribution >= 4 is 5.78 Å². The second kappa shape index (κ2) is 5.10. The summed E-state index contributed by atoms with van der Waals surface area (Å²) in [6, 6.07) is 2.46. The van der Waals surface area contributed by atoms with Crippen LogP contribution in [0, 0.1) is 26.7 Å². The molecule has 0 N–H and O–H groups in total. The molecule has 0 atom stereocenters. The van der Waals surface area contributed by atoms with Crippen molar-refractivity contribution in [2.24, 2.45) is 5.92 Å². The van der Waals surface area contributed by atoms with Gasteiger partial charge in [0.2, 0.25) is 5.92 Å². The van der Waals surface area contributed by atoms with E-state index in [1.165, 1.54) is 19.9 Å². The molecule has 1 aromatic carbocycles. The summed E-state index contributed by atoms with van der Waals surface area (Å²) in [5.41, 5.74) is 0.695. The van der Waals surface area contributed by atoms with Gasteiger partial charge in [0.05, 0.1) is 0 Å². The predicted octanol–water partition coefficient (Wildman–Crippen LogP) is 4.54. The molecule has 0 bridgehead atoms. The number of halogens is 6. The number of carbonyl (C=O) groups is 1. The van der Waals surface area contributed by atoms with Gasteiger partial charge in [0.15, 0.2) is 5.78 Å². The monoisotopic (exact) mass is 298 g/mol. The molecule has 20 heavy (non-hydrogen) atoms. The number of Topliss-reactive ketones (excluding diaryl/α,β-unsaturated/α-hetero) is 1. The van der Waals surface area contributed by atoms with E-state index >= 15 is 0 Å². The predicted molar refractivity (Wildman–Crippen MR) is 60.6 cm³/mol. The number of hydrogen-bond acceptors (Lipinski definition) is 1. The molecular formula is C13H12F6O. The standard InChI is InChI=1S/C13H12F6O/c1-6-4-8(3)9(5-7(6)2)10(20)11(12(14,15)16)13(17,18)19/h4-5,11H,1-3H3. The minimum absolute atomic E-state index is 0.0941. The molecule has 0 radical (unpaired) electrons. The van der Waals surface area contributed by atoms with Gasteiger partial charge in [-0.1, -0.05) is 6.07 Å². The molecule has 0 unspecified atom stereocenters. The van der Waals surface area contributed by atoms with Crippen molar-refractivity contribution in [2.45, 2.75) is 33.1 Å². The third kappa shape index (κ3) is 3.32. The van der Waals surface area contributed by atoms with Crippen LogP contribution >= 0.6 is 0 Å². The first-order valence-electron chi connectivity index (χ1n) is 5.61. The number of benzene rings is 1. The van der Waals surface area contributed by atoms with Crippen molar-refractivity contribution < 1.29 is 31.1 Å². The molecule has 7 heteroatoms. The molecule has 0 saturated heterocycles. The summed E-state index contributed by atoms with van der Waals surface area (Å²) < 4.78 is 75.1. The summed E-state index contributed by atoms with van der Waals surface area (Å²) in [6.45, 7) is 4.48. The lowest BCUT2D eigenvalue weighted by atomic mass is 9.91. The molecule has 112 valence electrons. The highest BCUT2D eigenvalue weighted by molar-refractivity contribution is 6.00. The van der Waals surface area contributed by atoms with Crippen molar-refractivity contribution in [1.29, 1.82) is 0 Å². The quantitative estimate of drug-likeness (QED) is 0.579. The first-order chi connectivity index (χ1) is 8.85. The van der Waals surface area contributed by atoms with E-state index in [2.05, 4.69) is 0 Å². The van der Waals surface area contributed by atoms with E-state index < -0.39 is 29.6 Å². The number of rotatable bonds is 2. The van der Waals surface area contributed by atoms with E-state index in [4.69, 9.17) is 0 Å². The van der Waals surface area contributed by atoms with E-state index in [9.17, 15) is 31.1 Å². The third-order valence-corrected chi connectivity index (χ3v) is 3.02. The molecule has 0 aliphatic heterocycles. The first kappa shape index (κ1) is 16.5. The zero-order valence-corrected chi connectivity index (χ0v) is 10.9. The van der Waals surface area contributed by atoms with Crippen LogP contribution in [0.3, 0.4) is 0 Å².